The van der Waals surface area contributed by atoms with Crippen molar-refractivity contribution in [1.29, 1.82) is 0 Å². The van der Waals surface area contributed by atoms with Gasteiger partial charge in [-0.25, -0.2) is 4.79 Å². The van der Waals surface area contributed by atoms with Gasteiger partial charge >= 0.3 is 5.97 Å². The summed E-state index contributed by atoms with van der Waals surface area (Å²) in [5.41, 5.74) is 0. The number of rotatable bonds is 4. The second-order valence-corrected chi connectivity index (χ2v) is 7.39. The van der Waals surface area contributed by atoms with Crippen molar-refractivity contribution >= 4 is 28.9 Å². The van der Waals surface area contributed by atoms with E-state index in [0.717, 1.165) is 17.8 Å². The molecule has 0 radical (unpaired) electrons. The highest BCUT2D eigenvalue weighted by Gasteiger charge is 2.33. The molecular formula is C15H22ClNO3S. The molecule has 6 heteroatoms. The Morgan fingerprint density at radius 3 is 2.76 bits per heavy atom. The van der Waals surface area contributed by atoms with E-state index in [1.54, 1.807) is 0 Å². The minimum absolute atomic E-state index is 0.140. The number of ether oxygens (including phenoxy) is 2. The number of hydrogen-bond acceptors (Lipinski definition) is 5. The molecule has 1 aliphatic carbocycles. The van der Waals surface area contributed by atoms with Crippen LogP contribution in [0, 0.1) is 17.8 Å². The van der Waals surface area contributed by atoms with E-state index in [2.05, 4.69) is 30.5 Å². The van der Waals surface area contributed by atoms with E-state index in [0.29, 0.717) is 27.8 Å². The Morgan fingerprint density at radius 1 is 1.43 bits per heavy atom. The number of carbonyl (C=O) groups is 1. The Balaban J connectivity index is 2.13. The number of halogens is 1. The summed E-state index contributed by atoms with van der Waals surface area (Å²) in [5.74, 6) is 1.27. The Morgan fingerprint density at radius 2 is 2.14 bits per heavy atom. The van der Waals surface area contributed by atoms with Crippen molar-refractivity contribution in [3.05, 3.63) is 10.0 Å². The summed E-state index contributed by atoms with van der Waals surface area (Å²) in [4.78, 5) is 16.0. The van der Waals surface area contributed by atoms with E-state index >= 15 is 0 Å². The summed E-state index contributed by atoms with van der Waals surface area (Å²) < 4.78 is 10.8. The number of hydrogen-bond donors (Lipinski definition) is 0. The third-order valence-electron chi connectivity index (χ3n) is 4.15. The van der Waals surface area contributed by atoms with Gasteiger partial charge in [0.2, 0.25) is 0 Å². The summed E-state index contributed by atoms with van der Waals surface area (Å²) in [5, 5.41) is 0.622. The van der Waals surface area contributed by atoms with Crippen LogP contribution in [-0.2, 0) is 4.74 Å². The number of methoxy groups -OCH3 is 1. The normalized spacial score (nSPS) is 25.9. The Labute approximate surface area is 134 Å². The van der Waals surface area contributed by atoms with Gasteiger partial charge in [-0.2, -0.15) is 4.98 Å². The third kappa shape index (κ3) is 3.89. The van der Waals surface area contributed by atoms with Gasteiger partial charge in [0.05, 0.1) is 7.11 Å². The standard InChI is InChI=1S/C15H22ClNO3S/c1-8(2)10-6-5-9(3)7-11(10)20-15-17-13(16)12(21-15)14(18)19-4/h8-11H,5-7H2,1-4H3. The van der Waals surface area contributed by atoms with Gasteiger partial charge in [0, 0.05) is 0 Å². The maximum absolute atomic E-state index is 11.6. The van der Waals surface area contributed by atoms with E-state index in [1.807, 2.05) is 0 Å². The first-order valence-corrected chi connectivity index (χ1v) is 8.53. The Bertz CT molecular complexity index is 503. The van der Waals surface area contributed by atoms with Gasteiger partial charge in [-0.3, -0.25) is 0 Å². The molecule has 4 nitrogen and oxygen atoms in total. The molecule has 21 heavy (non-hydrogen) atoms. The quantitative estimate of drug-likeness (QED) is 0.766. The van der Waals surface area contributed by atoms with E-state index in [9.17, 15) is 4.79 Å². The lowest BCUT2D eigenvalue weighted by molar-refractivity contribution is 0.0458. The molecule has 3 atom stereocenters. The topological polar surface area (TPSA) is 48.4 Å². The summed E-state index contributed by atoms with van der Waals surface area (Å²) >= 11 is 7.14. The first kappa shape index (κ1) is 16.6. The van der Waals surface area contributed by atoms with Crippen LogP contribution in [0.5, 0.6) is 5.19 Å². The second-order valence-electron chi connectivity index (χ2n) is 6.07. The van der Waals surface area contributed by atoms with Gasteiger partial charge in [0.1, 0.15) is 6.10 Å². The number of esters is 1. The number of carbonyl (C=O) groups excluding carboxylic acids is 1. The minimum atomic E-state index is -0.468. The number of nitrogens with zero attached hydrogens (tertiary/aromatic N) is 1. The lowest BCUT2D eigenvalue weighted by Crippen LogP contribution is -2.36. The molecule has 1 aromatic heterocycles. The van der Waals surface area contributed by atoms with Gasteiger partial charge in [-0.15, -0.1) is 0 Å². The van der Waals surface area contributed by atoms with Crippen LogP contribution in [0.25, 0.3) is 0 Å². The molecule has 0 bridgehead atoms. The SMILES string of the molecule is COC(=O)c1sc(OC2CC(C)CCC2C(C)C)nc1Cl. The highest BCUT2D eigenvalue weighted by atomic mass is 35.5. The lowest BCUT2D eigenvalue weighted by atomic mass is 9.75. The smallest absolute Gasteiger partial charge is 0.351 e. The molecule has 0 aliphatic heterocycles. The monoisotopic (exact) mass is 331 g/mol. The predicted molar refractivity (Wildman–Crippen MR) is 84.2 cm³/mol. The highest BCUT2D eigenvalue weighted by Crippen LogP contribution is 2.38. The minimum Gasteiger partial charge on any atom is -0.466 e. The summed E-state index contributed by atoms with van der Waals surface area (Å²) in [6, 6.07) is 0. The van der Waals surface area contributed by atoms with E-state index in [1.165, 1.54) is 20.0 Å². The van der Waals surface area contributed by atoms with Crippen LogP contribution in [0.1, 0.15) is 49.7 Å². The first-order valence-electron chi connectivity index (χ1n) is 7.33. The van der Waals surface area contributed by atoms with Crippen LogP contribution in [-0.4, -0.2) is 24.2 Å². The van der Waals surface area contributed by atoms with E-state index in [4.69, 9.17) is 16.3 Å². The molecule has 1 aromatic rings. The molecular weight excluding hydrogens is 310 g/mol. The Kier molecular flexibility index (Phi) is 5.49. The van der Waals surface area contributed by atoms with Crippen LogP contribution in [0.3, 0.4) is 0 Å². The summed E-state index contributed by atoms with van der Waals surface area (Å²) in [7, 11) is 1.33. The van der Waals surface area contributed by atoms with Crippen molar-refractivity contribution < 1.29 is 14.3 Å². The molecule has 1 saturated carbocycles. The molecule has 118 valence electrons. The number of thiazole rings is 1. The molecule has 0 aromatic carbocycles. The molecule has 1 fully saturated rings. The second kappa shape index (κ2) is 6.97. The fraction of sp³-hybridized carbons (Fsp3) is 0.733. The fourth-order valence-corrected chi connectivity index (χ4v) is 4.03. The molecule has 2 rings (SSSR count). The van der Waals surface area contributed by atoms with E-state index < -0.39 is 5.97 Å². The molecule has 3 unspecified atom stereocenters. The zero-order valence-corrected chi connectivity index (χ0v) is 14.5. The van der Waals surface area contributed by atoms with Crippen LogP contribution < -0.4 is 4.74 Å². The molecule has 0 N–H and O–H groups in total. The van der Waals surface area contributed by atoms with Gasteiger partial charge in [-0.05, 0) is 30.6 Å². The Hall–Kier alpha value is -0.810. The van der Waals surface area contributed by atoms with Crippen molar-refractivity contribution in [3.8, 4) is 5.19 Å². The summed E-state index contributed by atoms with van der Waals surface area (Å²) in [6.07, 6.45) is 3.58. The zero-order valence-electron chi connectivity index (χ0n) is 12.9. The van der Waals surface area contributed by atoms with Crippen molar-refractivity contribution in [2.75, 3.05) is 7.11 Å². The van der Waals surface area contributed by atoms with Crippen LogP contribution >= 0.6 is 22.9 Å². The van der Waals surface area contributed by atoms with Crippen molar-refractivity contribution in [3.63, 3.8) is 0 Å². The van der Waals surface area contributed by atoms with Crippen molar-refractivity contribution in [1.82, 2.24) is 4.98 Å². The molecule has 1 aliphatic rings. The van der Waals surface area contributed by atoms with Crippen molar-refractivity contribution in [2.24, 2.45) is 17.8 Å². The lowest BCUT2D eigenvalue weighted by Gasteiger charge is -2.36. The van der Waals surface area contributed by atoms with Crippen LogP contribution in [0.2, 0.25) is 5.15 Å². The van der Waals surface area contributed by atoms with Crippen molar-refractivity contribution in [2.45, 2.75) is 46.1 Å². The van der Waals surface area contributed by atoms with Gasteiger partial charge in [0.15, 0.2) is 10.0 Å². The van der Waals surface area contributed by atoms with E-state index in [-0.39, 0.29) is 11.3 Å². The van der Waals surface area contributed by atoms with Gasteiger partial charge in [-0.1, -0.05) is 50.1 Å². The molecule has 1 heterocycles. The predicted octanol–water partition coefficient (Wildman–Crippen LogP) is 4.42. The fourth-order valence-electron chi connectivity index (χ4n) is 2.93. The van der Waals surface area contributed by atoms with Gasteiger partial charge < -0.3 is 9.47 Å². The average Bonchev–Trinajstić information content (AvgIpc) is 2.78. The maximum atomic E-state index is 11.6. The number of aromatic nitrogens is 1. The first-order chi connectivity index (χ1) is 9.92. The zero-order chi connectivity index (χ0) is 15.6. The summed E-state index contributed by atoms with van der Waals surface area (Å²) in [6.45, 7) is 6.71. The highest BCUT2D eigenvalue weighted by molar-refractivity contribution is 7.15. The average molecular weight is 332 g/mol. The largest absolute Gasteiger partial charge is 0.466 e. The third-order valence-corrected chi connectivity index (χ3v) is 5.46. The molecule has 0 spiro atoms. The van der Waals surface area contributed by atoms with Gasteiger partial charge in [0.25, 0.3) is 5.19 Å². The maximum Gasteiger partial charge on any atom is 0.351 e. The molecule has 0 amide bonds. The molecule has 0 saturated heterocycles. The van der Waals surface area contributed by atoms with Crippen LogP contribution in [0.15, 0.2) is 0 Å². The van der Waals surface area contributed by atoms with Crippen LogP contribution in [0.4, 0.5) is 0 Å².